The van der Waals surface area contributed by atoms with E-state index in [4.69, 9.17) is 5.10 Å². The van der Waals surface area contributed by atoms with Gasteiger partial charge in [-0.1, -0.05) is 80.4 Å². The van der Waals surface area contributed by atoms with Gasteiger partial charge in [-0.25, -0.2) is 4.39 Å². The maximum Gasteiger partial charge on any atom is 0.124 e. The molecule has 0 atom stereocenters. The number of hydrogen-bond donors (Lipinski definition) is 3. The van der Waals surface area contributed by atoms with Crippen molar-refractivity contribution in [1.29, 1.82) is 0 Å². The third-order valence-corrected chi connectivity index (χ3v) is 9.57. The van der Waals surface area contributed by atoms with Crippen molar-refractivity contribution in [2.45, 2.75) is 46.0 Å². The summed E-state index contributed by atoms with van der Waals surface area (Å²) >= 11 is 0. The van der Waals surface area contributed by atoms with Gasteiger partial charge in [-0.3, -0.25) is 5.10 Å². The first kappa shape index (κ1) is 35.4. The van der Waals surface area contributed by atoms with Gasteiger partial charge in [0.2, 0.25) is 0 Å². The van der Waals surface area contributed by atoms with Crippen LogP contribution in [0, 0.1) is 12.7 Å². The predicted molar refractivity (Wildman–Crippen MR) is 213 cm³/mol. The van der Waals surface area contributed by atoms with Crippen LogP contribution in [0.15, 0.2) is 134 Å². The Bertz CT molecular complexity index is 2120. The smallest absolute Gasteiger partial charge is 0.124 e. The van der Waals surface area contributed by atoms with Gasteiger partial charge in [-0.05, 0) is 135 Å². The fourth-order valence-electron chi connectivity index (χ4n) is 7.02. The summed E-state index contributed by atoms with van der Waals surface area (Å²) in [4.78, 5) is 6.08. The van der Waals surface area contributed by atoms with Crippen LogP contribution in [0.5, 0.6) is 0 Å². The highest BCUT2D eigenvalue weighted by Crippen LogP contribution is 2.35. The van der Waals surface area contributed by atoms with Gasteiger partial charge in [0, 0.05) is 34.5 Å². The minimum absolute atomic E-state index is 0.220. The molecule has 6 rings (SSSR count). The van der Waals surface area contributed by atoms with Gasteiger partial charge in [0.1, 0.15) is 11.5 Å². The molecule has 3 heterocycles. The lowest BCUT2D eigenvalue weighted by Gasteiger charge is -2.15. The quantitative estimate of drug-likeness (QED) is 0.0967. The van der Waals surface area contributed by atoms with E-state index in [2.05, 4.69) is 94.7 Å². The van der Waals surface area contributed by atoms with Crippen molar-refractivity contribution in [3.05, 3.63) is 174 Å². The SMILES string of the molecule is C=C/C=C(/c1cc(F)cc(CCCN2CCCC2)c1)c1cc(-c2n[nH]c3ccc(C(/C=C(\C=C)NC(=C)Cc4ccccc4)=C/C)cc23)[nH]c1C. The number of aryl methyl sites for hydroxylation is 2. The number of rotatable bonds is 15. The Balaban J connectivity index is 1.25. The number of likely N-dealkylation sites (tertiary alicyclic amines) is 1. The minimum atomic E-state index is -0.220. The molecule has 0 amide bonds. The molecule has 0 aliphatic carbocycles. The summed E-state index contributed by atoms with van der Waals surface area (Å²) in [6.07, 6.45) is 14.9. The molecule has 260 valence electrons. The number of nitrogens with zero attached hydrogens (tertiary/aromatic N) is 2. The van der Waals surface area contributed by atoms with E-state index >= 15 is 4.39 Å². The molecule has 1 aliphatic rings. The molecule has 5 nitrogen and oxygen atoms in total. The monoisotopic (exact) mass is 677 g/mol. The molecule has 1 fully saturated rings. The molecule has 1 saturated heterocycles. The number of hydrogen-bond acceptors (Lipinski definition) is 3. The fourth-order valence-corrected chi connectivity index (χ4v) is 7.02. The summed E-state index contributed by atoms with van der Waals surface area (Å²) < 4.78 is 15.1. The summed E-state index contributed by atoms with van der Waals surface area (Å²) in [7, 11) is 0. The van der Waals surface area contributed by atoms with Crippen LogP contribution in [0.4, 0.5) is 4.39 Å². The van der Waals surface area contributed by atoms with Gasteiger partial charge in [0.25, 0.3) is 0 Å². The third kappa shape index (κ3) is 8.65. The Hall–Kier alpha value is -5.46. The number of fused-ring (bicyclic) bond motifs is 1. The molecule has 3 aromatic carbocycles. The number of aromatic nitrogens is 3. The average Bonchev–Trinajstić information content (AvgIpc) is 3.89. The second-order valence-corrected chi connectivity index (χ2v) is 13.3. The third-order valence-electron chi connectivity index (χ3n) is 9.57. The van der Waals surface area contributed by atoms with Crippen molar-refractivity contribution in [3.63, 3.8) is 0 Å². The summed E-state index contributed by atoms with van der Waals surface area (Å²) in [5.74, 6) is -0.220. The molecule has 1 aliphatic heterocycles. The predicted octanol–water partition coefficient (Wildman–Crippen LogP) is 10.5. The van der Waals surface area contributed by atoms with E-state index < -0.39 is 0 Å². The van der Waals surface area contributed by atoms with Crippen LogP contribution in [0.1, 0.15) is 59.7 Å². The van der Waals surface area contributed by atoms with Crippen LogP contribution in [0.2, 0.25) is 0 Å². The van der Waals surface area contributed by atoms with Crippen molar-refractivity contribution >= 4 is 22.0 Å². The van der Waals surface area contributed by atoms with E-state index in [0.717, 1.165) is 98.6 Å². The summed E-state index contributed by atoms with van der Waals surface area (Å²) in [5, 5.41) is 12.4. The van der Waals surface area contributed by atoms with Crippen molar-refractivity contribution in [2.24, 2.45) is 0 Å². The number of nitrogens with one attached hydrogen (secondary N) is 3. The Kier molecular flexibility index (Phi) is 11.4. The fraction of sp³-hybridized carbons (Fsp3) is 0.222. The van der Waals surface area contributed by atoms with Gasteiger partial charge < -0.3 is 15.2 Å². The van der Waals surface area contributed by atoms with Crippen molar-refractivity contribution in [3.8, 4) is 11.4 Å². The van der Waals surface area contributed by atoms with E-state index in [1.807, 2.05) is 44.2 Å². The van der Waals surface area contributed by atoms with Crippen LogP contribution in [-0.4, -0.2) is 39.7 Å². The van der Waals surface area contributed by atoms with Crippen LogP contribution in [-0.2, 0) is 12.8 Å². The lowest BCUT2D eigenvalue weighted by atomic mass is 9.94. The van der Waals surface area contributed by atoms with Crippen LogP contribution >= 0.6 is 0 Å². The molecule has 0 radical (unpaired) electrons. The zero-order chi connectivity index (χ0) is 35.7. The van der Waals surface area contributed by atoms with Crippen molar-refractivity contribution in [2.75, 3.05) is 19.6 Å². The number of allylic oxidation sites excluding steroid dienone is 7. The standard InChI is InChI=1S/C45H48FN5/c1-6-15-40(37-25-34(26-38(46)27-37)18-14-23-51-21-12-13-22-51)41-30-44(48-32(41)5)45-42-29-36(19-20-43(42)49-50-45)35(7-2)28-39(8-3)47-31(4)24-33-16-10-9-11-17-33/h6-11,15-17,19-20,25-30,47-48H,1,3-4,12-14,18,21-24H2,2,5H3,(H,49,50)/b35-7+,39-28+,40-15-. The van der Waals surface area contributed by atoms with Crippen LogP contribution in [0.25, 0.3) is 33.4 Å². The summed E-state index contributed by atoms with van der Waals surface area (Å²) in [6, 6.07) is 24.1. The molecular weight excluding hydrogens is 630 g/mol. The van der Waals surface area contributed by atoms with E-state index in [1.165, 1.54) is 31.5 Å². The van der Waals surface area contributed by atoms with Gasteiger partial charge in [0.05, 0.1) is 11.2 Å². The number of H-pyrrole nitrogens is 2. The molecule has 0 bridgehead atoms. The van der Waals surface area contributed by atoms with Gasteiger partial charge in [-0.15, -0.1) is 0 Å². The summed E-state index contributed by atoms with van der Waals surface area (Å²) in [6.45, 7) is 19.8. The Morgan fingerprint density at radius 1 is 0.980 bits per heavy atom. The molecule has 51 heavy (non-hydrogen) atoms. The van der Waals surface area contributed by atoms with E-state index in [9.17, 15) is 0 Å². The number of halogens is 1. The molecule has 5 aromatic rings. The van der Waals surface area contributed by atoms with Crippen LogP contribution < -0.4 is 5.32 Å². The highest BCUT2D eigenvalue weighted by Gasteiger charge is 2.18. The Morgan fingerprint density at radius 2 is 1.78 bits per heavy atom. The maximum atomic E-state index is 15.1. The second-order valence-electron chi connectivity index (χ2n) is 13.3. The summed E-state index contributed by atoms with van der Waals surface area (Å²) in [5.41, 5.74) is 12.4. The molecule has 3 N–H and O–H groups in total. The van der Waals surface area contributed by atoms with Gasteiger partial charge in [-0.2, -0.15) is 5.10 Å². The number of aromatic amines is 2. The molecule has 0 saturated carbocycles. The Labute approximate surface area is 301 Å². The highest BCUT2D eigenvalue weighted by atomic mass is 19.1. The topological polar surface area (TPSA) is 59.7 Å². The zero-order valence-electron chi connectivity index (χ0n) is 29.9. The highest BCUT2D eigenvalue weighted by molar-refractivity contribution is 5.96. The molecule has 6 heteroatoms. The first-order valence-electron chi connectivity index (χ1n) is 17.9. The second kappa shape index (κ2) is 16.5. The zero-order valence-corrected chi connectivity index (χ0v) is 29.9. The molecular formula is C45H48FN5. The first-order valence-corrected chi connectivity index (χ1v) is 17.9. The molecule has 0 spiro atoms. The minimum Gasteiger partial charge on any atom is -0.359 e. The van der Waals surface area contributed by atoms with Crippen LogP contribution in [0.3, 0.4) is 0 Å². The van der Waals surface area contributed by atoms with Gasteiger partial charge in [0.15, 0.2) is 0 Å². The lowest BCUT2D eigenvalue weighted by molar-refractivity contribution is 0.334. The number of benzene rings is 3. The normalized spacial score (nSPS) is 14.3. The van der Waals surface area contributed by atoms with E-state index in [-0.39, 0.29) is 5.82 Å². The van der Waals surface area contributed by atoms with Crippen molar-refractivity contribution < 1.29 is 4.39 Å². The molecule has 2 aromatic heterocycles. The lowest BCUT2D eigenvalue weighted by Crippen LogP contribution is -2.20. The Morgan fingerprint density at radius 3 is 2.53 bits per heavy atom. The molecule has 0 unspecified atom stereocenters. The maximum absolute atomic E-state index is 15.1. The van der Waals surface area contributed by atoms with Crippen molar-refractivity contribution in [1.82, 2.24) is 25.4 Å². The van der Waals surface area contributed by atoms with E-state index in [0.29, 0.717) is 0 Å². The van der Waals surface area contributed by atoms with Gasteiger partial charge >= 0.3 is 0 Å². The van der Waals surface area contributed by atoms with E-state index in [1.54, 1.807) is 18.2 Å². The average molecular weight is 678 g/mol. The largest absolute Gasteiger partial charge is 0.359 e. The first-order chi connectivity index (χ1) is 24.8.